The van der Waals surface area contributed by atoms with Crippen molar-refractivity contribution in [2.24, 2.45) is 4.99 Å². The lowest BCUT2D eigenvalue weighted by molar-refractivity contribution is 0.710. The fourth-order valence-electron chi connectivity index (χ4n) is 1.39. The van der Waals surface area contributed by atoms with Gasteiger partial charge in [-0.15, -0.1) is 6.58 Å². The first-order chi connectivity index (χ1) is 7.43. The molecule has 1 aromatic carbocycles. The first kappa shape index (κ1) is 11.7. The van der Waals surface area contributed by atoms with Crippen molar-refractivity contribution < 1.29 is 0 Å². The van der Waals surface area contributed by atoms with E-state index in [0.717, 1.165) is 18.5 Å². The summed E-state index contributed by atoms with van der Waals surface area (Å²) in [5, 5.41) is 0. The molecule has 0 saturated heterocycles. The number of para-hydroxylation sites is 1. The number of hydrogen-bond donors (Lipinski definition) is 0. The van der Waals surface area contributed by atoms with E-state index in [-0.39, 0.29) is 0 Å². The Balaban J connectivity index is 2.10. The second kappa shape index (κ2) is 7.98. The van der Waals surface area contributed by atoms with Gasteiger partial charge in [0.05, 0.1) is 5.69 Å². The number of aliphatic imine (C=N–C) groups is 1. The first-order valence-electron chi connectivity index (χ1n) is 5.62. The molecule has 1 heteroatoms. The zero-order chi connectivity index (χ0) is 10.8. The highest BCUT2D eigenvalue weighted by Crippen LogP contribution is 2.09. The summed E-state index contributed by atoms with van der Waals surface area (Å²) in [6.07, 6.45) is 9.96. The number of unbranched alkanes of at least 4 members (excludes halogenated alkanes) is 4. The molecule has 15 heavy (non-hydrogen) atoms. The Labute approximate surface area is 92.6 Å². The van der Waals surface area contributed by atoms with Crippen molar-refractivity contribution in [3.8, 4) is 0 Å². The van der Waals surface area contributed by atoms with Crippen molar-refractivity contribution >= 4 is 11.9 Å². The second-order valence-electron chi connectivity index (χ2n) is 3.57. The summed E-state index contributed by atoms with van der Waals surface area (Å²) < 4.78 is 0. The number of benzene rings is 1. The van der Waals surface area contributed by atoms with Crippen LogP contribution in [0.2, 0.25) is 0 Å². The molecule has 0 N–H and O–H groups in total. The molecule has 0 amide bonds. The standard InChI is InChI=1S/C14H19N/c1-2-3-4-5-6-10-13-15-14-11-8-7-9-12-14/h2,7-9,11-13H,1,3-6,10H2. The molecule has 1 aromatic rings. The molecule has 0 fully saturated rings. The van der Waals surface area contributed by atoms with Gasteiger partial charge in [0.15, 0.2) is 0 Å². The van der Waals surface area contributed by atoms with Crippen LogP contribution in [0, 0.1) is 0 Å². The van der Waals surface area contributed by atoms with E-state index in [1.807, 2.05) is 42.6 Å². The molecule has 0 aromatic heterocycles. The molecule has 1 nitrogen and oxygen atoms in total. The maximum Gasteiger partial charge on any atom is 0.0625 e. The Morgan fingerprint density at radius 1 is 1.00 bits per heavy atom. The topological polar surface area (TPSA) is 12.4 Å². The monoisotopic (exact) mass is 201 g/mol. The average Bonchev–Trinajstić information content (AvgIpc) is 2.29. The smallest absolute Gasteiger partial charge is 0.0625 e. The Bertz CT molecular complexity index is 287. The molecular formula is C14H19N. The van der Waals surface area contributed by atoms with Crippen molar-refractivity contribution in [1.29, 1.82) is 0 Å². The van der Waals surface area contributed by atoms with Crippen LogP contribution < -0.4 is 0 Å². The molecule has 0 spiro atoms. The summed E-state index contributed by atoms with van der Waals surface area (Å²) in [6.45, 7) is 3.71. The van der Waals surface area contributed by atoms with Gasteiger partial charge in [0.25, 0.3) is 0 Å². The van der Waals surface area contributed by atoms with Gasteiger partial charge < -0.3 is 0 Å². The van der Waals surface area contributed by atoms with E-state index in [1.54, 1.807) is 0 Å². The van der Waals surface area contributed by atoms with Gasteiger partial charge >= 0.3 is 0 Å². The Morgan fingerprint density at radius 3 is 2.47 bits per heavy atom. The fraction of sp³-hybridized carbons (Fsp3) is 0.357. The number of nitrogens with zero attached hydrogens (tertiary/aromatic N) is 1. The summed E-state index contributed by atoms with van der Waals surface area (Å²) >= 11 is 0. The highest BCUT2D eigenvalue weighted by atomic mass is 14.7. The van der Waals surface area contributed by atoms with E-state index >= 15 is 0 Å². The van der Waals surface area contributed by atoms with Crippen LogP contribution in [0.4, 0.5) is 5.69 Å². The summed E-state index contributed by atoms with van der Waals surface area (Å²) in [6, 6.07) is 10.1. The SMILES string of the molecule is C=CCCCCCC=Nc1ccccc1. The fourth-order valence-corrected chi connectivity index (χ4v) is 1.39. The predicted molar refractivity (Wildman–Crippen MR) is 67.9 cm³/mol. The number of hydrogen-bond acceptors (Lipinski definition) is 1. The largest absolute Gasteiger partial charge is 0.261 e. The highest BCUT2D eigenvalue weighted by molar-refractivity contribution is 5.62. The summed E-state index contributed by atoms with van der Waals surface area (Å²) in [7, 11) is 0. The third-order valence-electron chi connectivity index (χ3n) is 2.24. The highest BCUT2D eigenvalue weighted by Gasteiger charge is 1.86. The molecule has 0 atom stereocenters. The Morgan fingerprint density at radius 2 is 1.73 bits per heavy atom. The van der Waals surface area contributed by atoms with Gasteiger partial charge in [0.2, 0.25) is 0 Å². The lowest BCUT2D eigenvalue weighted by Gasteiger charge is -1.94. The predicted octanol–water partition coefficient (Wildman–Crippen LogP) is 4.53. The summed E-state index contributed by atoms with van der Waals surface area (Å²) in [4.78, 5) is 4.38. The molecular weight excluding hydrogens is 182 g/mol. The maximum absolute atomic E-state index is 4.38. The van der Waals surface area contributed by atoms with Crippen LogP contribution in [-0.4, -0.2) is 6.21 Å². The molecule has 0 aliphatic carbocycles. The second-order valence-corrected chi connectivity index (χ2v) is 3.57. The van der Waals surface area contributed by atoms with Gasteiger partial charge in [-0.2, -0.15) is 0 Å². The Hall–Kier alpha value is -1.37. The van der Waals surface area contributed by atoms with Gasteiger partial charge in [-0.25, -0.2) is 0 Å². The van der Waals surface area contributed by atoms with Crippen LogP contribution in [0.3, 0.4) is 0 Å². The van der Waals surface area contributed by atoms with Crippen LogP contribution >= 0.6 is 0 Å². The Kier molecular flexibility index (Phi) is 6.23. The first-order valence-corrected chi connectivity index (χ1v) is 5.62. The third kappa shape index (κ3) is 5.84. The lowest BCUT2D eigenvalue weighted by Crippen LogP contribution is -1.78. The number of rotatable bonds is 7. The molecule has 1 rings (SSSR count). The van der Waals surface area contributed by atoms with Crippen LogP contribution in [0.15, 0.2) is 48.0 Å². The molecule has 0 saturated carbocycles. The normalized spacial score (nSPS) is 10.7. The average molecular weight is 201 g/mol. The summed E-state index contributed by atoms with van der Waals surface area (Å²) in [5.74, 6) is 0. The minimum absolute atomic E-state index is 1.04. The molecule has 0 aliphatic rings. The van der Waals surface area contributed by atoms with E-state index < -0.39 is 0 Å². The van der Waals surface area contributed by atoms with Crippen molar-refractivity contribution in [1.82, 2.24) is 0 Å². The maximum atomic E-state index is 4.38. The van der Waals surface area contributed by atoms with E-state index in [9.17, 15) is 0 Å². The van der Waals surface area contributed by atoms with E-state index in [4.69, 9.17) is 0 Å². The van der Waals surface area contributed by atoms with Crippen LogP contribution in [0.5, 0.6) is 0 Å². The van der Waals surface area contributed by atoms with Crippen LogP contribution in [0.1, 0.15) is 32.1 Å². The van der Waals surface area contributed by atoms with E-state index in [1.165, 1.54) is 19.3 Å². The molecule has 0 unspecified atom stereocenters. The molecule has 80 valence electrons. The van der Waals surface area contributed by atoms with E-state index in [0.29, 0.717) is 0 Å². The van der Waals surface area contributed by atoms with Crippen molar-refractivity contribution in [2.45, 2.75) is 32.1 Å². The zero-order valence-corrected chi connectivity index (χ0v) is 9.23. The quantitative estimate of drug-likeness (QED) is 0.349. The summed E-state index contributed by atoms with van der Waals surface area (Å²) in [5.41, 5.74) is 1.04. The molecule has 0 bridgehead atoms. The van der Waals surface area contributed by atoms with Gasteiger partial charge in [-0.3, -0.25) is 4.99 Å². The molecule has 0 heterocycles. The zero-order valence-electron chi connectivity index (χ0n) is 9.23. The van der Waals surface area contributed by atoms with Gasteiger partial charge in [-0.05, 0) is 37.8 Å². The van der Waals surface area contributed by atoms with Gasteiger partial charge in [0, 0.05) is 6.21 Å². The van der Waals surface area contributed by atoms with Gasteiger partial charge in [0.1, 0.15) is 0 Å². The van der Waals surface area contributed by atoms with Crippen molar-refractivity contribution in [3.63, 3.8) is 0 Å². The third-order valence-corrected chi connectivity index (χ3v) is 2.24. The molecule has 0 aliphatic heterocycles. The lowest BCUT2D eigenvalue weighted by atomic mass is 10.1. The van der Waals surface area contributed by atoms with E-state index in [2.05, 4.69) is 11.6 Å². The minimum atomic E-state index is 1.04. The minimum Gasteiger partial charge on any atom is -0.261 e. The van der Waals surface area contributed by atoms with Gasteiger partial charge in [-0.1, -0.05) is 30.7 Å². The molecule has 0 radical (unpaired) electrons. The number of allylic oxidation sites excluding steroid dienone is 1. The van der Waals surface area contributed by atoms with Crippen molar-refractivity contribution in [3.05, 3.63) is 43.0 Å². The van der Waals surface area contributed by atoms with Crippen LogP contribution in [-0.2, 0) is 0 Å². The van der Waals surface area contributed by atoms with Crippen LogP contribution in [0.25, 0.3) is 0 Å². The van der Waals surface area contributed by atoms with Crippen molar-refractivity contribution in [2.75, 3.05) is 0 Å².